The number of hydrogen-bond acceptors (Lipinski definition) is 9. The highest BCUT2D eigenvalue weighted by molar-refractivity contribution is 8.02. The van der Waals surface area contributed by atoms with Crippen LogP contribution in [0, 0.1) is 0 Å². The minimum absolute atomic E-state index is 0.0556. The van der Waals surface area contributed by atoms with Gasteiger partial charge in [0.15, 0.2) is 20.2 Å². The highest BCUT2D eigenvalue weighted by Crippen LogP contribution is 2.34. The van der Waals surface area contributed by atoms with Crippen LogP contribution >= 0.6 is 34.9 Å². The van der Waals surface area contributed by atoms with Gasteiger partial charge in [0, 0.05) is 29.7 Å². The van der Waals surface area contributed by atoms with Gasteiger partial charge in [-0.05, 0) is 29.8 Å². The van der Waals surface area contributed by atoms with Gasteiger partial charge in [0.2, 0.25) is 12.7 Å². The number of carbonyl (C=O) groups is 1. The topological polar surface area (TPSA) is 82.6 Å². The average molecular weight is 462 g/mol. The van der Waals surface area contributed by atoms with Crippen LogP contribution in [0.25, 0.3) is 0 Å². The fourth-order valence-electron chi connectivity index (χ4n) is 2.61. The summed E-state index contributed by atoms with van der Waals surface area (Å²) < 4.78 is 17.5. The fourth-order valence-corrected chi connectivity index (χ4v) is 5.59. The lowest BCUT2D eigenvalue weighted by Crippen LogP contribution is -2.12. The first-order valence-electron chi connectivity index (χ1n) is 9.11. The molecule has 0 fully saturated rings. The van der Waals surface area contributed by atoms with E-state index in [1.54, 1.807) is 48.4 Å². The Labute approximate surface area is 186 Å². The van der Waals surface area contributed by atoms with Gasteiger partial charge >= 0.3 is 0 Å². The summed E-state index contributed by atoms with van der Waals surface area (Å²) >= 11 is 4.73. The molecule has 2 heterocycles. The molecule has 1 aromatic heterocycles. The number of methoxy groups -OCH3 is 1. The van der Waals surface area contributed by atoms with Gasteiger partial charge in [-0.15, -0.1) is 10.2 Å². The van der Waals surface area contributed by atoms with Crippen LogP contribution < -0.4 is 19.5 Å². The van der Waals surface area contributed by atoms with Crippen molar-refractivity contribution in [1.82, 2.24) is 10.2 Å². The summed E-state index contributed by atoms with van der Waals surface area (Å²) in [6.45, 7) is 0.214. The maximum absolute atomic E-state index is 12.2. The van der Waals surface area contributed by atoms with Gasteiger partial charge in [0.1, 0.15) is 5.75 Å². The maximum Gasteiger partial charge on any atom is 0.231 e. The Morgan fingerprint density at radius 3 is 2.67 bits per heavy atom. The molecule has 1 amide bonds. The van der Waals surface area contributed by atoms with E-state index in [0.29, 0.717) is 29.4 Å². The van der Waals surface area contributed by atoms with Crippen molar-refractivity contribution >= 4 is 46.5 Å². The Balaban J connectivity index is 1.19. The Kier molecular flexibility index (Phi) is 6.98. The molecule has 1 N–H and O–H groups in total. The molecule has 0 aliphatic carbocycles. The number of nitrogens with one attached hydrogen (secondary N) is 1. The Morgan fingerprint density at radius 2 is 1.87 bits per heavy atom. The number of carbonyl (C=O) groups excluding carboxylic acids is 1. The van der Waals surface area contributed by atoms with E-state index in [0.717, 1.165) is 20.2 Å². The molecule has 0 saturated carbocycles. The van der Waals surface area contributed by atoms with Crippen LogP contribution in [0.4, 0.5) is 5.69 Å². The first kappa shape index (κ1) is 20.8. The Bertz CT molecular complexity index is 1010. The van der Waals surface area contributed by atoms with Gasteiger partial charge in [-0.3, -0.25) is 4.79 Å². The molecule has 10 heteroatoms. The summed E-state index contributed by atoms with van der Waals surface area (Å²) in [5.41, 5.74) is 1.90. The second kappa shape index (κ2) is 10.1. The van der Waals surface area contributed by atoms with Crippen LogP contribution in [0.3, 0.4) is 0 Å². The van der Waals surface area contributed by atoms with Crippen LogP contribution in [0.15, 0.2) is 51.1 Å². The minimum atomic E-state index is -0.0556. The average Bonchev–Trinajstić information content (AvgIpc) is 3.41. The van der Waals surface area contributed by atoms with Crippen LogP contribution in [-0.2, 0) is 10.5 Å². The minimum Gasteiger partial charge on any atom is -0.497 e. The third kappa shape index (κ3) is 5.59. The molecule has 156 valence electrons. The van der Waals surface area contributed by atoms with Crippen molar-refractivity contribution in [1.29, 1.82) is 0 Å². The highest BCUT2D eigenvalue weighted by atomic mass is 32.2. The smallest absolute Gasteiger partial charge is 0.231 e. The number of hydrogen-bond donors (Lipinski definition) is 1. The van der Waals surface area contributed by atoms with Crippen LogP contribution in [0.2, 0.25) is 0 Å². The van der Waals surface area contributed by atoms with Crippen molar-refractivity contribution in [3.63, 3.8) is 0 Å². The zero-order valence-corrected chi connectivity index (χ0v) is 18.6. The van der Waals surface area contributed by atoms with Gasteiger partial charge in [-0.2, -0.15) is 0 Å². The van der Waals surface area contributed by atoms with Gasteiger partial charge in [0.05, 0.1) is 7.11 Å². The van der Waals surface area contributed by atoms with Crippen LogP contribution in [0.5, 0.6) is 17.2 Å². The quantitative estimate of drug-likeness (QED) is 0.460. The highest BCUT2D eigenvalue weighted by Gasteiger charge is 2.14. The first-order chi connectivity index (χ1) is 14.7. The predicted octanol–water partition coefficient (Wildman–Crippen LogP) is 4.69. The van der Waals surface area contributed by atoms with Crippen molar-refractivity contribution in [2.24, 2.45) is 0 Å². The summed E-state index contributed by atoms with van der Waals surface area (Å²) in [5.74, 6) is 3.59. The molecule has 0 bridgehead atoms. The summed E-state index contributed by atoms with van der Waals surface area (Å²) in [4.78, 5) is 12.2. The number of amides is 1. The van der Waals surface area contributed by atoms with Crippen LogP contribution in [-0.4, -0.2) is 35.8 Å². The molecule has 0 radical (unpaired) electrons. The van der Waals surface area contributed by atoms with Crippen molar-refractivity contribution in [2.75, 3.05) is 25.0 Å². The molecule has 0 unspecified atom stereocenters. The van der Waals surface area contributed by atoms with E-state index in [1.165, 1.54) is 17.3 Å². The third-order valence-corrected chi connectivity index (χ3v) is 7.38. The van der Waals surface area contributed by atoms with Crippen molar-refractivity contribution in [3.8, 4) is 17.2 Å². The number of fused-ring (bicyclic) bond motifs is 1. The van der Waals surface area contributed by atoms with Gasteiger partial charge in [-0.25, -0.2) is 0 Å². The lowest BCUT2D eigenvalue weighted by Gasteiger charge is -2.05. The number of anilines is 1. The van der Waals surface area contributed by atoms with E-state index in [4.69, 9.17) is 14.2 Å². The molecule has 1 aliphatic heterocycles. The molecule has 0 spiro atoms. The van der Waals surface area contributed by atoms with E-state index in [-0.39, 0.29) is 12.7 Å². The number of benzene rings is 2. The SMILES string of the molecule is COc1ccc(CSc2nnc(SCCC(=O)Nc3ccc4c(c3)OCO4)s2)cc1. The van der Waals surface area contributed by atoms with Gasteiger partial charge in [-0.1, -0.05) is 47.0 Å². The molecule has 0 saturated heterocycles. The number of ether oxygens (including phenoxy) is 3. The molecular weight excluding hydrogens is 442 g/mol. The zero-order chi connectivity index (χ0) is 20.8. The summed E-state index contributed by atoms with van der Waals surface area (Å²) in [6, 6.07) is 13.3. The molecular formula is C20H19N3O4S3. The number of aromatic nitrogens is 2. The molecule has 0 atom stereocenters. The van der Waals surface area contributed by atoms with E-state index in [2.05, 4.69) is 15.5 Å². The molecule has 7 nitrogen and oxygen atoms in total. The second-order valence-corrected chi connectivity index (χ2v) is 9.73. The largest absolute Gasteiger partial charge is 0.497 e. The second-order valence-electron chi connectivity index (χ2n) is 6.19. The molecule has 4 rings (SSSR count). The standard InChI is InChI=1S/C20H19N3O4S3/c1-25-15-5-2-13(3-6-15)11-29-20-23-22-19(30-20)28-9-8-18(24)21-14-4-7-16-17(10-14)27-12-26-16/h2-7,10H,8-9,11-12H2,1H3,(H,21,24). The van der Waals surface area contributed by atoms with Gasteiger partial charge < -0.3 is 19.5 Å². The zero-order valence-electron chi connectivity index (χ0n) is 16.1. The molecule has 2 aromatic carbocycles. The van der Waals surface area contributed by atoms with E-state index in [1.807, 2.05) is 24.3 Å². The lowest BCUT2D eigenvalue weighted by atomic mass is 10.2. The maximum atomic E-state index is 12.2. The third-order valence-electron chi connectivity index (χ3n) is 4.12. The molecule has 1 aliphatic rings. The normalized spacial score (nSPS) is 12.0. The van der Waals surface area contributed by atoms with Crippen molar-refractivity contribution in [3.05, 3.63) is 48.0 Å². The Morgan fingerprint density at radius 1 is 1.10 bits per heavy atom. The van der Waals surface area contributed by atoms with Gasteiger partial charge in [0.25, 0.3) is 0 Å². The number of nitrogens with zero attached hydrogens (tertiary/aromatic N) is 2. The summed E-state index contributed by atoms with van der Waals surface area (Å²) in [6.07, 6.45) is 0.382. The van der Waals surface area contributed by atoms with E-state index >= 15 is 0 Å². The number of thioether (sulfide) groups is 2. The predicted molar refractivity (Wildman–Crippen MR) is 119 cm³/mol. The summed E-state index contributed by atoms with van der Waals surface area (Å²) in [7, 11) is 1.66. The summed E-state index contributed by atoms with van der Waals surface area (Å²) in [5, 5.41) is 11.3. The molecule has 30 heavy (non-hydrogen) atoms. The first-order valence-corrected chi connectivity index (χ1v) is 11.9. The van der Waals surface area contributed by atoms with E-state index < -0.39 is 0 Å². The van der Waals surface area contributed by atoms with Crippen molar-refractivity contribution in [2.45, 2.75) is 20.9 Å². The van der Waals surface area contributed by atoms with E-state index in [9.17, 15) is 4.79 Å². The fraction of sp³-hybridized carbons (Fsp3) is 0.250. The van der Waals surface area contributed by atoms with Crippen molar-refractivity contribution < 1.29 is 19.0 Å². The Hall–Kier alpha value is -2.43. The monoisotopic (exact) mass is 461 g/mol. The molecule has 3 aromatic rings. The number of rotatable bonds is 9. The lowest BCUT2D eigenvalue weighted by molar-refractivity contribution is -0.115. The van der Waals surface area contributed by atoms with Crippen LogP contribution in [0.1, 0.15) is 12.0 Å².